The molecule has 0 bridgehead atoms. The minimum absolute atomic E-state index is 0. The molecule has 0 aliphatic heterocycles. The molecule has 0 unspecified atom stereocenters. The van der Waals surface area contributed by atoms with Gasteiger partial charge in [0.15, 0.2) is 0 Å². The monoisotopic (exact) mass is 494 g/mol. The molecule has 2 rings (SSSR count). The Hall–Kier alpha value is -0.646. The van der Waals surface area contributed by atoms with Gasteiger partial charge in [-0.1, -0.05) is 0 Å². The molecule has 0 N–H and O–H groups in total. The van der Waals surface area contributed by atoms with Gasteiger partial charge in [0.05, 0.1) is 0 Å². The predicted molar refractivity (Wildman–Crippen MR) is 124 cm³/mol. The predicted octanol–water partition coefficient (Wildman–Crippen LogP) is 6.78. The zero-order chi connectivity index (χ0) is 20.4. The van der Waals surface area contributed by atoms with E-state index < -0.39 is 16.8 Å². The Morgan fingerprint density at radius 2 is 1.07 bits per heavy atom. The van der Waals surface area contributed by atoms with E-state index in [0.717, 1.165) is 22.6 Å². The molecular weight excluding hydrogens is 463 g/mol. The standard InChI is InChI=1S/2C11H16O.2ClH.OS.Ti/c2*1-8-5-6-10(12)9(7-8)11(2,3)4;;;1-2;/h2*5-7,12H,1-4H3;2*1H;;/q;;;;;+2/p-2. The molecule has 0 spiro atoms. The zero-order valence-electron chi connectivity index (χ0n) is 18.4. The summed E-state index contributed by atoms with van der Waals surface area (Å²) in [5, 5.41) is 0. The van der Waals surface area contributed by atoms with Gasteiger partial charge in [0.25, 0.3) is 0 Å². The molecule has 162 valence electrons. The number of halogens is 2. The summed E-state index contributed by atoms with van der Waals surface area (Å²) < 4.78 is 24.2. The van der Waals surface area contributed by atoms with E-state index in [1.165, 1.54) is 11.1 Å². The van der Waals surface area contributed by atoms with Crippen LogP contribution in [0.1, 0.15) is 63.8 Å². The number of rotatable bonds is 4. The Morgan fingerprint density at radius 1 is 0.724 bits per heavy atom. The van der Waals surface area contributed by atoms with E-state index >= 15 is 0 Å². The quantitative estimate of drug-likeness (QED) is 0.439. The van der Waals surface area contributed by atoms with Crippen molar-refractivity contribution in [3.05, 3.63) is 58.7 Å². The second-order valence-electron chi connectivity index (χ2n) is 9.04. The number of hydrogen-bond donors (Lipinski definition) is 0. The summed E-state index contributed by atoms with van der Waals surface area (Å²) >= 11 is -2.85. The van der Waals surface area contributed by atoms with Crippen molar-refractivity contribution >= 4 is 33.6 Å². The Bertz CT molecular complexity index is 828. The second-order valence-corrected chi connectivity index (χ2v) is 12.8. The van der Waals surface area contributed by atoms with Gasteiger partial charge in [-0.15, -0.1) is 24.8 Å². The van der Waals surface area contributed by atoms with E-state index in [1.807, 2.05) is 24.3 Å². The first-order chi connectivity index (χ1) is 12.4. The molecule has 0 radical (unpaired) electrons. The molecule has 0 aliphatic rings. The summed E-state index contributed by atoms with van der Waals surface area (Å²) in [6.07, 6.45) is 0. The first-order valence-electron chi connectivity index (χ1n) is 9.16. The molecule has 0 saturated carbocycles. The normalized spacial score (nSPS) is 11.0. The molecule has 7 heteroatoms. The van der Waals surface area contributed by atoms with Crippen LogP contribution < -0.4 is 6.64 Å². The molecule has 0 aromatic heterocycles. The maximum Gasteiger partial charge on any atom is -0.147 e. The minimum atomic E-state index is -2.85. The summed E-state index contributed by atoms with van der Waals surface area (Å²) in [4.78, 5) is 0. The van der Waals surface area contributed by atoms with Crippen LogP contribution in [0.4, 0.5) is 0 Å². The zero-order valence-corrected chi connectivity index (χ0v) is 22.4. The topological polar surface area (TPSA) is 35.5 Å². The van der Waals surface area contributed by atoms with Crippen LogP contribution in [0.25, 0.3) is 0 Å². The van der Waals surface area contributed by atoms with Gasteiger partial charge in [-0.25, -0.2) is 0 Å². The van der Waals surface area contributed by atoms with Crippen LogP contribution in [-0.2, 0) is 36.4 Å². The van der Waals surface area contributed by atoms with Crippen LogP contribution >= 0.6 is 24.8 Å². The van der Waals surface area contributed by atoms with Gasteiger partial charge in [-0.3, -0.25) is 0 Å². The third kappa shape index (κ3) is 7.84. The molecule has 0 fully saturated rings. The molecule has 3 nitrogen and oxygen atoms in total. The summed E-state index contributed by atoms with van der Waals surface area (Å²) in [5.41, 5.74) is 4.42. The van der Waals surface area contributed by atoms with Crippen LogP contribution in [0.15, 0.2) is 36.4 Å². The van der Waals surface area contributed by atoms with Gasteiger partial charge in [-0.2, -0.15) is 0 Å². The molecular formula is C22H32Cl2O3STi. The van der Waals surface area contributed by atoms with E-state index in [1.54, 1.807) is 0 Å². The third-order valence-electron chi connectivity index (χ3n) is 4.34. The fourth-order valence-electron chi connectivity index (χ4n) is 2.87. The molecule has 29 heavy (non-hydrogen) atoms. The Morgan fingerprint density at radius 3 is 1.34 bits per heavy atom. The second kappa shape index (κ2) is 11.1. The van der Waals surface area contributed by atoms with Crippen molar-refractivity contribution in [1.82, 2.24) is 0 Å². The average molecular weight is 495 g/mol. The minimum Gasteiger partial charge on any atom is -0.147 e. The van der Waals surface area contributed by atoms with Crippen molar-refractivity contribution in [1.29, 1.82) is 0 Å². The fourth-order valence-corrected chi connectivity index (χ4v) is 5.18. The Kier molecular flexibility index (Phi) is 10.9. The van der Waals surface area contributed by atoms with Crippen LogP contribution in [0, 0.1) is 13.8 Å². The number of benzene rings is 2. The number of aryl methyl sites for hydroxylation is 2. The number of hydrogen-bond acceptors (Lipinski definition) is 3. The van der Waals surface area contributed by atoms with Crippen molar-refractivity contribution in [3.63, 3.8) is 0 Å². The molecule has 0 aliphatic carbocycles. The molecule has 0 saturated heterocycles. The first kappa shape index (κ1) is 28.4. The van der Waals surface area contributed by atoms with Gasteiger partial charge < -0.3 is 0 Å². The maximum absolute atomic E-state index is 11.8. The largest absolute Gasteiger partial charge is 0.147 e. The van der Waals surface area contributed by atoms with Crippen molar-refractivity contribution in [3.8, 4) is 11.5 Å². The van der Waals surface area contributed by atoms with Gasteiger partial charge >= 0.3 is 173 Å². The van der Waals surface area contributed by atoms with Crippen LogP contribution in [0.5, 0.6) is 11.5 Å². The molecule has 0 amide bonds. The average Bonchev–Trinajstić information content (AvgIpc) is 2.55. The van der Waals surface area contributed by atoms with E-state index in [2.05, 4.69) is 67.5 Å². The molecule has 2 aromatic carbocycles. The van der Waals surface area contributed by atoms with Gasteiger partial charge in [-0.05, 0) is 0 Å². The van der Waals surface area contributed by atoms with Gasteiger partial charge in [0.2, 0.25) is 0 Å². The SMILES string of the molecule is Cc1ccc([O][Ti]([O]c2ccc(C)cc2C(C)(C)C)=[S]=O)c(C(C)(C)C)c1.Cl.Cl. The Labute approximate surface area is 196 Å². The smallest absolute Gasteiger partial charge is 0.147 e. The van der Waals surface area contributed by atoms with Crippen LogP contribution in [0.3, 0.4) is 0 Å². The third-order valence-corrected chi connectivity index (χ3v) is 7.01. The van der Waals surface area contributed by atoms with Crippen molar-refractivity contribution in [2.45, 2.75) is 66.2 Å². The van der Waals surface area contributed by atoms with Crippen molar-refractivity contribution < 1.29 is 27.6 Å². The van der Waals surface area contributed by atoms with Crippen LogP contribution in [0.2, 0.25) is 0 Å². The van der Waals surface area contributed by atoms with Crippen molar-refractivity contribution in [2.75, 3.05) is 0 Å². The van der Waals surface area contributed by atoms with E-state index in [4.69, 9.17) is 6.64 Å². The molecule has 2 aromatic rings. The Balaban J connectivity index is 0.00000392. The van der Waals surface area contributed by atoms with Crippen LogP contribution in [-0.4, -0.2) is 4.21 Å². The molecule has 0 heterocycles. The van der Waals surface area contributed by atoms with Crippen molar-refractivity contribution in [2.24, 2.45) is 0 Å². The summed E-state index contributed by atoms with van der Waals surface area (Å²) in [5.74, 6) is 1.52. The first-order valence-corrected chi connectivity index (χ1v) is 13.1. The van der Waals surface area contributed by atoms with Gasteiger partial charge in [0, 0.05) is 0 Å². The van der Waals surface area contributed by atoms with E-state index in [-0.39, 0.29) is 35.6 Å². The van der Waals surface area contributed by atoms with Gasteiger partial charge in [0.1, 0.15) is 0 Å². The maximum atomic E-state index is 11.8. The summed E-state index contributed by atoms with van der Waals surface area (Å²) in [6, 6.07) is 12.2. The fraction of sp³-hybridized carbons (Fsp3) is 0.455. The molecule has 0 atom stereocenters. The summed E-state index contributed by atoms with van der Waals surface area (Å²) in [6.45, 7) is 17.0. The summed E-state index contributed by atoms with van der Waals surface area (Å²) in [7, 11) is 0.479. The van der Waals surface area contributed by atoms with E-state index in [0.29, 0.717) is 8.74 Å². The van der Waals surface area contributed by atoms with E-state index in [9.17, 15) is 4.21 Å².